The monoisotopic (exact) mass is 220 g/mol. The molecule has 4 nitrogen and oxygen atoms in total. The highest BCUT2D eigenvalue weighted by Crippen LogP contribution is 2.31. The minimum atomic E-state index is -0.0961. The Morgan fingerprint density at radius 3 is 2.75 bits per heavy atom. The highest BCUT2D eigenvalue weighted by Gasteiger charge is 2.21. The predicted octanol–water partition coefficient (Wildman–Crippen LogP) is 2.23. The molecule has 1 saturated carbocycles. The van der Waals surface area contributed by atoms with Crippen LogP contribution in [0, 0.1) is 0 Å². The normalized spacial score (nSPS) is 14.4. The molecular weight excluding hydrogens is 204 g/mol. The molecule has 86 valence electrons. The summed E-state index contributed by atoms with van der Waals surface area (Å²) < 4.78 is 5.23. The molecule has 0 atom stereocenters. The second kappa shape index (κ2) is 4.43. The van der Waals surface area contributed by atoms with Crippen LogP contribution in [0.2, 0.25) is 0 Å². The Labute approximate surface area is 95.0 Å². The summed E-state index contributed by atoms with van der Waals surface area (Å²) >= 11 is 0. The number of nitrogens with one attached hydrogen (secondary N) is 2. The molecule has 0 aromatic heterocycles. The lowest BCUT2D eigenvalue weighted by atomic mass is 10.2. The fourth-order valence-corrected chi connectivity index (χ4v) is 1.54. The molecule has 0 saturated heterocycles. The van der Waals surface area contributed by atoms with Crippen molar-refractivity contribution in [2.45, 2.75) is 25.8 Å². The summed E-state index contributed by atoms with van der Waals surface area (Å²) in [4.78, 5) is 11.0. The van der Waals surface area contributed by atoms with E-state index in [1.165, 1.54) is 19.8 Å². The largest absolute Gasteiger partial charge is 0.494 e. The number of carbonyl (C=O) groups is 1. The maximum atomic E-state index is 11.0. The Balaban J connectivity index is 2.15. The van der Waals surface area contributed by atoms with Crippen LogP contribution in [0.1, 0.15) is 19.8 Å². The average molecular weight is 220 g/mol. The van der Waals surface area contributed by atoms with Gasteiger partial charge in [0.1, 0.15) is 5.75 Å². The first-order chi connectivity index (χ1) is 7.69. The number of amides is 1. The third kappa shape index (κ3) is 2.66. The second-order valence-corrected chi connectivity index (χ2v) is 4.01. The zero-order chi connectivity index (χ0) is 11.5. The van der Waals surface area contributed by atoms with Gasteiger partial charge < -0.3 is 15.4 Å². The van der Waals surface area contributed by atoms with E-state index in [0.29, 0.717) is 17.5 Å². The van der Waals surface area contributed by atoms with Crippen molar-refractivity contribution < 1.29 is 9.53 Å². The van der Waals surface area contributed by atoms with Gasteiger partial charge in [0, 0.05) is 24.7 Å². The van der Waals surface area contributed by atoms with Crippen molar-refractivity contribution in [2.24, 2.45) is 0 Å². The van der Waals surface area contributed by atoms with Gasteiger partial charge in [0.2, 0.25) is 5.91 Å². The molecule has 0 spiro atoms. The summed E-state index contributed by atoms with van der Waals surface area (Å²) in [5.74, 6) is 0.585. The number of hydrogen-bond donors (Lipinski definition) is 2. The smallest absolute Gasteiger partial charge is 0.221 e. The number of hydrogen-bond acceptors (Lipinski definition) is 3. The first kappa shape index (κ1) is 10.8. The Kier molecular flexibility index (Phi) is 2.99. The SMILES string of the molecule is COc1cc(NC2CC2)ccc1NC(C)=O. The van der Waals surface area contributed by atoms with Crippen molar-refractivity contribution in [3.8, 4) is 5.75 Å². The zero-order valence-electron chi connectivity index (χ0n) is 9.54. The van der Waals surface area contributed by atoms with E-state index in [-0.39, 0.29) is 5.91 Å². The first-order valence-electron chi connectivity index (χ1n) is 5.41. The fraction of sp³-hybridized carbons (Fsp3) is 0.417. The van der Waals surface area contributed by atoms with Crippen LogP contribution in [0.5, 0.6) is 5.75 Å². The van der Waals surface area contributed by atoms with Gasteiger partial charge in [-0.2, -0.15) is 0 Å². The van der Waals surface area contributed by atoms with E-state index in [1.807, 2.05) is 18.2 Å². The lowest BCUT2D eigenvalue weighted by Gasteiger charge is -2.11. The van der Waals surface area contributed by atoms with E-state index in [0.717, 1.165) is 5.69 Å². The maximum Gasteiger partial charge on any atom is 0.221 e. The number of anilines is 2. The van der Waals surface area contributed by atoms with E-state index < -0.39 is 0 Å². The average Bonchev–Trinajstić information content (AvgIpc) is 3.03. The lowest BCUT2D eigenvalue weighted by molar-refractivity contribution is -0.114. The molecule has 0 bridgehead atoms. The minimum absolute atomic E-state index is 0.0961. The van der Waals surface area contributed by atoms with Crippen molar-refractivity contribution in [3.05, 3.63) is 18.2 Å². The summed E-state index contributed by atoms with van der Waals surface area (Å²) in [6.45, 7) is 1.48. The van der Waals surface area contributed by atoms with Crippen LogP contribution in [0.25, 0.3) is 0 Å². The molecule has 1 amide bonds. The van der Waals surface area contributed by atoms with E-state index in [4.69, 9.17) is 4.74 Å². The molecule has 16 heavy (non-hydrogen) atoms. The molecule has 1 aromatic carbocycles. The van der Waals surface area contributed by atoms with Crippen LogP contribution in [0.3, 0.4) is 0 Å². The number of rotatable bonds is 4. The lowest BCUT2D eigenvalue weighted by Crippen LogP contribution is -2.08. The highest BCUT2D eigenvalue weighted by atomic mass is 16.5. The Morgan fingerprint density at radius 2 is 2.19 bits per heavy atom. The fourth-order valence-electron chi connectivity index (χ4n) is 1.54. The van der Waals surface area contributed by atoms with Crippen LogP contribution >= 0.6 is 0 Å². The predicted molar refractivity (Wildman–Crippen MR) is 63.9 cm³/mol. The van der Waals surface area contributed by atoms with E-state index >= 15 is 0 Å². The number of ether oxygens (including phenoxy) is 1. The van der Waals surface area contributed by atoms with Crippen molar-refractivity contribution in [1.29, 1.82) is 0 Å². The molecule has 1 aromatic rings. The number of benzene rings is 1. The van der Waals surface area contributed by atoms with Crippen LogP contribution in [-0.4, -0.2) is 19.1 Å². The van der Waals surface area contributed by atoms with Crippen LogP contribution < -0.4 is 15.4 Å². The van der Waals surface area contributed by atoms with Gasteiger partial charge in [0.05, 0.1) is 12.8 Å². The zero-order valence-corrected chi connectivity index (χ0v) is 9.54. The molecule has 0 heterocycles. The third-order valence-corrected chi connectivity index (χ3v) is 2.46. The van der Waals surface area contributed by atoms with Gasteiger partial charge in [-0.1, -0.05) is 0 Å². The molecule has 1 aliphatic rings. The summed E-state index contributed by atoms with van der Waals surface area (Å²) in [7, 11) is 1.60. The minimum Gasteiger partial charge on any atom is -0.494 e. The molecule has 0 radical (unpaired) electrons. The van der Waals surface area contributed by atoms with Gasteiger partial charge in [-0.15, -0.1) is 0 Å². The van der Waals surface area contributed by atoms with Gasteiger partial charge in [-0.3, -0.25) is 4.79 Å². The second-order valence-electron chi connectivity index (χ2n) is 4.01. The van der Waals surface area contributed by atoms with Crippen LogP contribution in [0.4, 0.5) is 11.4 Å². The summed E-state index contributed by atoms with van der Waals surface area (Å²) in [6, 6.07) is 6.32. The van der Waals surface area contributed by atoms with Crippen LogP contribution in [0.15, 0.2) is 18.2 Å². The van der Waals surface area contributed by atoms with E-state index in [2.05, 4.69) is 10.6 Å². The molecular formula is C12H16N2O2. The Bertz CT molecular complexity index is 400. The topological polar surface area (TPSA) is 50.4 Å². The van der Waals surface area contributed by atoms with E-state index in [1.54, 1.807) is 7.11 Å². The van der Waals surface area contributed by atoms with Crippen molar-refractivity contribution >= 4 is 17.3 Å². The summed E-state index contributed by atoms with van der Waals surface area (Å²) in [5.41, 5.74) is 1.74. The number of methoxy groups -OCH3 is 1. The Morgan fingerprint density at radius 1 is 1.44 bits per heavy atom. The highest BCUT2D eigenvalue weighted by molar-refractivity contribution is 5.90. The Hall–Kier alpha value is -1.71. The van der Waals surface area contributed by atoms with Crippen molar-refractivity contribution in [3.63, 3.8) is 0 Å². The standard InChI is InChI=1S/C12H16N2O2/c1-8(15)13-11-6-5-10(7-12(11)16-2)14-9-3-4-9/h5-7,9,14H,3-4H2,1-2H3,(H,13,15). The molecule has 0 aliphatic heterocycles. The molecule has 0 unspecified atom stereocenters. The van der Waals surface area contributed by atoms with Gasteiger partial charge >= 0.3 is 0 Å². The van der Waals surface area contributed by atoms with E-state index in [9.17, 15) is 4.79 Å². The van der Waals surface area contributed by atoms with Crippen molar-refractivity contribution in [2.75, 3.05) is 17.7 Å². The van der Waals surface area contributed by atoms with Gasteiger partial charge in [0.15, 0.2) is 0 Å². The molecule has 1 fully saturated rings. The molecule has 2 rings (SSSR count). The number of carbonyl (C=O) groups excluding carboxylic acids is 1. The van der Waals surface area contributed by atoms with Gasteiger partial charge in [0.25, 0.3) is 0 Å². The summed E-state index contributed by atoms with van der Waals surface area (Å²) in [5, 5.41) is 6.11. The van der Waals surface area contributed by atoms with Gasteiger partial charge in [-0.05, 0) is 25.0 Å². The van der Waals surface area contributed by atoms with Gasteiger partial charge in [-0.25, -0.2) is 0 Å². The molecule has 2 N–H and O–H groups in total. The third-order valence-electron chi connectivity index (χ3n) is 2.46. The molecule has 4 heteroatoms. The maximum absolute atomic E-state index is 11.0. The van der Waals surface area contributed by atoms with Crippen molar-refractivity contribution in [1.82, 2.24) is 0 Å². The quantitative estimate of drug-likeness (QED) is 0.818. The first-order valence-corrected chi connectivity index (χ1v) is 5.41. The van der Waals surface area contributed by atoms with Crippen LogP contribution in [-0.2, 0) is 4.79 Å². The summed E-state index contributed by atoms with van der Waals surface area (Å²) in [6.07, 6.45) is 2.46. The molecule has 1 aliphatic carbocycles.